The Balaban J connectivity index is 1.64. The fourth-order valence-electron chi connectivity index (χ4n) is 4.46. The van der Waals surface area contributed by atoms with E-state index in [1.807, 2.05) is 30.3 Å². The van der Waals surface area contributed by atoms with Crippen LogP contribution in [0, 0.1) is 11.8 Å². The number of nitrogens with zero attached hydrogens (tertiary/aromatic N) is 3. The van der Waals surface area contributed by atoms with E-state index < -0.39 is 18.1 Å². The van der Waals surface area contributed by atoms with Gasteiger partial charge in [0.05, 0.1) is 10.5 Å². The van der Waals surface area contributed by atoms with Gasteiger partial charge < -0.3 is 24.6 Å². The monoisotopic (exact) mass is 470 g/mol. The first-order valence-corrected chi connectivity index (χ1v) is 11.3. The maximum absolute atomic E-state index is 12.4. The van der Waals surface area contributed by atoms with Gasteiger partial charge in [0.25, 0.3) is 5.56 Å². The molecular weight excluding hydrogens is 444 g/mol. The lowest BCUT2D eigenvalue weighted by atomic mass is 9.92. The first-order valence-electron chi connectivity index (χ1n) is 10.9. The fourth-order valence-corrected chi connectivity index (χ4v) is 4.61. The van der Waals surface area contributed by atoms with E-state index in [1.54, 1.807) is 13.1 Å². The average Bonchev–Trinajstić information content (AvgIpc) is 2.76. The predicted octanol–water partition coefficient (Wildman–Crippen LogP) is 4.28. The minimum atomic E-state index is -1.15. The topological polar surface area (TPSA) is 96.7 Å². The molecule has 174 valence electrons. The molecule has 0 radical (unpaired) electrons. The van der Waals surface area contributed by atoms with Crippen LogP contribution in [0.25, 0.3) is 10.9 Å². The number of aryl methyl sites for hydroxylation is 1. The number of nitrogens with one attached hydrogen (secondary N) is 1. The van der Waals surface area contributed by atoms with Crippen LogP contribution in [0.15, 0.2) is 41.2 Å². The third kappa shape index (κ3) is 5.06. The highest BCUT2D eigenvalue weighted by atomic mass is 35.5. The largest absolute Gasteiger partial charge is 0.479 e. The first kappa shape index (κ1) is 22.9. The number of aromatic nitrogens is 2. The molecule has 9 heteroatoms. The lowest BCUT2D eigenvalue weighted by Gasteiger charge is -2.36. The van der Waals surface area contributed by atoms with E-state index in [9.17, 15) is 9.59 Å². The Morgan fingerprint density at radius 1 is 1.21 bits per heavy atom. The van der Waals surface area contributed by atoms with Gasteiger partial charge in [-0.3, -0.25) is 4.79 Å². The SMILES string of the molecule is C[C@@H]1C[C@H](C)CN(c2ccc(Cl)c(Nc3ccc4c(c3)cc(OCC(=O)O)c(=O)n4C)n2)C1. The molecule has 0 spiro atoms. The van der Waals surface area contributed by atoms with Crippen LogP contribution in [0.1, 0.15) is 20.3 Å². The fraction of sp³-hybridized carbons (Fsp3) is 0.375. The number of carbonyl (C=O) groups is 1. The van der Waals surface area contributed by atoms with Gasteiger partial charge in [-0.15, -0.1) is 0 Å². The zero-order valence-electron chi connectivity index (χ0n) is 18.8. The second-order valence-electron chi connectivity index (χ2n) is 8.80. The number of piperidine rings is 1. The molecule has 33 heavy (non-hydrogen) atoms. The number of anilines is 3. The highest BCUT2D eigenvalue weighted by Crippen LogP contribution is 2.31. The number of ether oxygens (including phenoxy) is 1. The molecule has 3 heterocycles. The first-order chi connectivity index (χ1) is 15.7. The third-order valence-corrected chi connectivity index (χ3v) is 6.13. The van der Waals surface area contributed by atoms with Gasteiger partial charge in [0.2, 0.25) is 0 Å². The molecule has 1 aliphatic heterocycles. The summed E-state index contributed by atoms with van der Waals surface area (Å²) in [7, 11) is 1.62. The van der Waals surface area contributed by atoms with Crippen LogP contribution in [0.2, 0.25) is 5.02 Å². The highest BCUT2D eigenvalue weighted by molar-refractivity contribution is 6.33. The van der Waals surface area contributed by atoms with Crippen molar-refractivity contribution >= 4 is 45.8 Å². The Labute approximate surface area is 196 Å². The van der Waals surface area contributed by atoms with Gasteiger partial charge in [0.1, 0.15) is 5.82 Å². The van der Waals surface area contributed by atoms with Gasteiger partial charge in [-0.05, 0) is 54.7 Å². The van der Waals surface area contributed by atoms with Crippen LogP contribution in [0.3, 0.4) is 0 Å². The molecule has 1 aromatic carbocycles. The molecule has 0 saturated carbocycles. The lowest BCUT2D eigenvalue weighted by Crippen LogP contribution is -2.39. The summed E-state index contributed by atoms with van der Waals surface area (Å²) in [4.78, 5) is 30.3. The minimum Gasteiger partial charge on any atom is -0.479 e. The van der Waals surface area contributed by atoms with Crippen LogP contribution in [0.4, 0.5) is 17.3 Å². The number of carboxylic acids is 1. The molecule has 0 unspecified atom stereocenters. The van der Waals surface area contributed by atoms with Crippen molar-refractivity contribution in [1.82, 2.24) is 9.55 Å². The zero-order chi connectivity index (χ0) is 23.7. The summed E-state index contributed by atoms with van der Waals surface area (Å²) in [5.74, 6) is 1.47. The Morgan fingerprint density at radius 2 is 1.94 bits per heavy atom. The summed E-state index contributed by atoms with van der Waals surface area (Å²) in [5, 5.41) is 13.4. The Morgan fingerprint density at radius 3 is 2.64 bits per heavy atom. The van der Waals surface area contributed by atoms with Crippen molar-refractivity contribution in [2.45, 2.75) is 20.3 Å². The second-order valence-corrected chi connectivity index (χ2v) is 9.21. The van der Waals surface area contributed by atoms with Gasteiger partial charge in [0.15, 0.2) is 18.2 Å². The maximum Gasteiger partial charge on any atom is 0.341 e. The normalized spacial score (nSPS) is 18.4. The van der Waals surface area contributed by atoms with Crippen molar-refractivity contribution < 1.29 is 14.6 Å². The molecule has 2 atom stereocenters. The van der Waals surface area contributed by atoms with E-state index in [0.717, 1.165) is 24.6 Å². The standard InChI is InChI=1S/C24H27ClN4O4/c1-14-8-15(2)12-29(11-14)21-7-5-18(25)23(27-21)26-17-4-6-19-16(9-17)10-20(24(32)28(19)3)33-13-22(30)31/h4-7,9-10,14-15H,8,11-13H2,1-3H3,(H,26,27)(H,30,31)/t14-,15+. The van der Waals surface area contributed by atoms with Crippen molar-refractivity contribution in [2.75, 3.05) is 29.9 Å². The van der Waals surface area contributed by atoms with Gasteiger partial charge in [-0.1, -0.05) is 25.4 Å². The Bertz CT molecular complexity index is 1250. The Hall–Kier alpha value is -3.26. The molecule has 0 amide bonds. The number of pyridine rings is 2. The maximum atomic E-state index is 12.4. The van der Waals surface area contributed by atoms with Crippen LogP contribution >= 0.6 is 11.6 Å². The van der Waals surface area contributed by atoms with E-state index in [2.05, 4.69) is 24.1 Å². The summed E-state index contributed by atoms with van der Waals surface area (Å²) >= 11 is 6.44. The zero-order valence-corrected chi connectivity index (χ0v) is 19.6. The molecule has 1 aliphatic rings. The van der Waals surface area contributed by atoms with Crippen LogP contribution in [0.5, 0.6) is 5.75 Å². The number of fused-ring (bicyclic) bond motifs is 1. The number of hydrogen-bond acceptors (Lipinski definition) is 6. The number of hydrogen-bond donors (Lipinski definition) is 2. The number of rotatable bonds is 6. The van der Waals surface area contributed by atoms with E-state index >= 15 is 0 Å². The number of halogens is 1. The molecule has 1 fully saturated rings. The summed E-state index contributed by atoms with van der Waals surface area (Å²) < 4.78 is 6.60. The number of benzene rings is 1. The van der Waals surface area contributed by atoms with E-state index in [4.69, 9.17) is 26.4 Å². The van der Waals surface area contributed by atoms with Crippen molar-refractivity contribution in [1.29, 1.82) is 0 Å². The van der Waals surface area contributed by atoms with Gasteiger partial charge in [0, 0.05) is 31.2 Å². The third-order valence-electron chi connectivity index (χ3n) is 5.83. The molecule has 2 aromatic heterocycles. The molecule has 3 aromatic rings. The molecule has 1 saturated heterocycles. The van der Waals surface area contributed by atoms with Gasteiger partial charge in [-0.2, -0.15) is 0 Å². The average molecular weight is 471 g/mol. The minimum absolute atomic E-state index is 0.0176. The molecule has 2 N–H and O–H groups in total. The summed E-state index contributed by atoms with van der Waals surface area (Å²) in [6, 6.07) is 10.8. The number of aliphatic carboxylic acids is 1. The predicted molar refractivity (Wildman–Crippen MR) is 130 cm³/mol. The van der Waals surface area contributed by atoms with Gasteiger partial charge >= 0.3 is 5.97 Å². The molecule has 0 bridgehead atoms. The van der Waals surface area contributed by atoms with Crippen molar-refractivity contribution in [3.05, 3.63) is 51.8 Å². The lowest BCUT2D eigenvalue weighted by molar-refractivity contribution is -0.139. The smallest absolute Gasteiger partial charge is 0.341 e. The van der Waals surface area contributed by atoms with Gasteiger partial charge in [-0.25, -0.2) is 9.78 Å². The van der Waals surface area contributed by atoms with Crippen molar-refractivity contribution in [2.24, 2.45) is 18.9 Å². The van der Waals surface area contributed by atoms with E-state index in [0.29, 0.717) is 33.6 Å². The molecular formula is C24H27ClN4O4. The molecule has 4 rings (SSSR count). The molecule has 0 aliphatic carbocycles. The van der Waals surface area contributed by atoms with Crippen LogP contribution < -0.4 is 20.5 Å². The van der Waals surface area contributed by atoms with Crippen molar-refractivity contribution in [3.63, 3.8) is 0 Å². The van der Waals surface area contributed by atoms with E-state index in [-0.39, 0.29) is 5.75 Å². The summed E-state index contributed by atoms with van der Waals surface area (Å²) in [6.07, 6.45) is 1.22. The summed E-state index contributed by atoms with van der Waals surface area (Å²) in [5.41, 5.74) is 1.03. The summed E-state index contributed by atoms with van der Waals surface area (Å²) in [6.45, 7) is 5.85. The van der Waals surface area contributed by atoms with Crippen LogP contribution in [-0.4, -0.2) is 40.3 Å². The highest BCUT2D eigenvalue weighted by Gasteiger charge is 2.23. The second kappa shape index (κ2) is 9.31. The Kier molecular flexibility index (Phi) is 6.47. The molecule has 8 nitrogen and oxygen atoms in total. The van der Waals surface area contributed by atoms with Crippen molar-refractivity contribution in [3.8, 4) is 5.75 Å². The van der Waals surface area contributed by atoms with Crippen LogP contribution in [-0.2, 0) is 11.8 Å². The number of carboxylic acid groups (broad SMARTS) is 1. The van der Waals surface area contributed by atoms with E-state index in [1.165, 1.54) is 11.0 Å². The quantitative estimate of drug-likeness (QED) is 0.555.